The molecule has 33 heavy (non-hydrogen) atoms. The maximum Gasteiger partial charge on any atom is 0.270 e. The summed E-state index contributed by atoms with van der Waals surface area (Å²) >= 11 is 0. The highest BCUT2D eigenvalue weighted by Crippen LogP contribution is 2.21. The average Bonchev–Trinajstić information content (AvgIpc) is 3.29. The minimum Gasteiger partial charge on any atom is -0.351 e. The number of anilines is 1. The van der Waals surface area contributed by atoms with E-state index in [1.807, 2.05) is 77.7 Å². The second-order valence-electron chi connectivity index (χ2n) is 8.33. The van der Waals surface area contributed by atoms with Crippen LogP contribution in [0.5, 0.6) is 0 Å². The molecule has 0 radical (unpaired) electrons. The van der Waals surface area contributed by atoms with Crippen molar-refractivity contribution >= 4 is 28.4 Å². The Kier molecular flexibility index (Phi) is 5.91. The number of piperazine rings is 1. The van der Waals surface area contributed by atoms with Crippen molar-refractivity contribution in [1.29, 1.82) is 0 Å². The van der Waals surface area contributed by atoms with E-state index < -0.39 is 0 Å². The molecule has 1 fully saturated rings. The van der Waals surface area contributed by atoms with Gasteiger partial charge in [0.25, 0.3) is 5.91 Å². The third kappa shape index (κ3) is 4.81. The molecule has 2 amide bonds. The van der Waals surface area contributed by atoms with Crippen LogP contribution in [0.15, 0.2) is 84.9 Å². The SMILES string of the molecule is O=C(CN1CCN(C(=O)c2cc3ccccc3[nH]2)CC1)Nc1ccc(-c2ccccc2)cc1. The third-order valence-corrected chi connectivity index (χ3v) is 6.06. The lowest BCUT2D eigenvalue weighted by molar-refractivity contribution is -0.117. The molecule has 0 spiro atoms. The zero-order valence-corrected chi connectivity index (χ0v) is 18.3. The summed E-state index contributed by atoms with van der Waals surface area (Å²) in [5.41, 5.74) is 4.63. The van der Waals surface area contributed by atoms with Crippen molar-refractivity contribution in [2.75, 3.05) is 38.0 Å². The first-order chi connectivity index (χ1) is 16.2. The van der Waals surface area contributed by atoms with Crippen LogP contribution in [0, 0.1) is 0 Å². The van der Waals surface area contributed by atoms with Crippen molar-refractivity contribution in [2.24, 2.45) is 0 Å². The number of hydrogen-bond acceptors (Lipinski definition) is 3. The summed E-state index contributed by atoms with van der Waals surface area (Å²) in [6.45, 7) is 2.87. The summed E-state index contributed by atoms with van der Waals surface area (Å²) in [7, 11) is 0. The molecule has 0 saturated carbocycles. The Morgan fingerprint density at radius 2 is 1.45 bits per heavy atom. The summed E-state index contributed by atoms with van der Waals surface area (Å²) in [4.78, 5) is 32.5. The van der Waals surface area contributed by atoms with Crippen LogP contribution in [0.4, 0.5) is 5.69 Å². The molecule has 166 valence electrons. The summed E-state index contributed by atoms with van der Waals surface area (Å²) < 4.78 is 0. The molecule has 0 atom stereocenters. The van der Waals surface area contributed by atoms with Gasteiger partial charge in [-0.3, -0.25) is 14.5 Å². The molecule has 0 unspecified atom stereocenters. The number of H-pyrrole nitrogens is 1. The fourth-order valence-corrected chi connectivity index (χ4v) is 4.25. The first-order valence-electron chi connectivity index (χ1n) is 11.2. The number of aromatic nitrogens is 1. The lowest BCUT2D eigenvalue weighted by Gasteiger charge is -2.34. The van der Waals surface area contributed by atoms with Crippen molar-refractivity contribution in [1.82, 2.24) is 14.8 Å². The van der Waals surface area contributed by atoms with Crippen LogP contribution in [0.1, 0.15) is 10.5 Å². The van der Waals surface area contributed by atoms with Gasteiger partial charge in [0.2, 0.25) is 5.91 Å². The fraction of sp³-hybridized carbons (Fsp3) is 0.185. The maximum atomic E-state index is 12.9. The number of nitrogens with one attached hydrogen (secondary N) is 2. The van der Waals surface area contributed by atoms with E-state index in [0.717, 1.165) is 27.7 Å². The first-order valence-corrected chi connectivity index (χ1v) is 11.2. The van der Waals surface area contributed by atoms with Gasteiger partial charge in [0.15, 0.2) is 0 Å². The molecule has 6 nitrogen and oxygen atoms in total. The van der Waals surface area contributed by atoms with Gasteiger partial charge in [0.1, 0.15) is 5.69 Å². The summed E-state index contributed by atoms with van der Waals surface area (Å²) in [6, 6.07) is 27.8. The number of carbonyl (C=O) groups excluding carboxylic acids is 2. The van der Waals surface area contributed by atoms with Crippen molar-refractivity contribution in [3.05, 3.63) is 90.6 Å². The molecule has 1 aliphatic rings. The third-order valence-electron chi connectivity index (χ3n) is 6.06. The molecule has 2 N–H and O–H groups in total. The van der Waals surface area contributed by atoms with Gasteiger partial charge < -0.3 is 15.2 Å². The predicted molar refractivity (Wildman–Crippen MR) is 131 cm³/mol. The van der Waals surface area contributed by atoms with E-state index in [-0.39, 0.29) is 11.8 Å². The Labute approximate surface area is 192 Å². The summed E-state index contributed by atoms with van der Waals surface area (Å²) in [5.74, 6) is -0.0355. The van der Waals surface area contributed by atoms with Gasteiger partial charge in [-0.05, 0) is 35.4 Å². The molecule has 0 aliphatic carbocycles. The lowest BCUT2D eigenvalue weighted by Crippen LogP contribution is -2.50. The number of fused-ring (bicyclic) bond motifs is 1. The zero-order chi connectivity index (χ0) is 22.6. The van der Waals surface area contributed by atoms with Crippen LogP contribution >= 0.6 is 0 Å². The van der Waals surface area contributed by atoms with Gasteiger partial charge in [0, 0.05) is 42.8 Å². The highest BCUT2D eigenvalue weighted by molar-refractivity contribution is 5.98. The summed E-state index contributed by atoms with van der Waals surface area (Å²) in [6.07, 6.45) is 0. The van der Waals surface area contributed by atoms with E-state index in [1.54, 1.807) is 0 Å². The predicted octanol–water partition coefficient (Wildman–Crippen LogP) is 4.23. The Balaban J connectivity index is 1.12. The highest BCUT2D eigenvalue weighted by Gasteiger charge is 2.24. The van der Waals surface area contributed by atoms with Crippen molar-refractivity contribution in [3.63, 3.8) is 0 Å². The van der Waals surface area contributed by atoms with Gasteiger partial charge in [-0.15, -0.1) is 0 Å². The van der Waals surface area contributed by atoms with Crippen LogP contribution in [-0.4, -0.2) is 59.3 Å². The molecule has 1 aromatic heterocycles. The topological polar surface area (TPSA) is 68.4 Å². The number of nitrogens with zero attached hydrogens (tertiary/aromatic N) is 2. The lowest BCUT2D eigenvalue weighted by atomic mass is 10.1. The van der Waals surface area contributed by atoms with E-state index in [2.05, 4.69) is 27.3 Å². The second kappa shape index (κ2) is 9.30. The first kappa shape index (κ1) is 21.0. The van der Waals surface area contributed by atoms with Gasteiger partial charge in [-0.1, -0.05) is 60.7 Å². The number of hydrogen-bond donors (Lipinski definition) is 2. The van der Waals surface area contributed by atoms with Crippen LogP contribution in [0.2, 0.25) is 0 Å². The molecular formula is C27H26N4O2. The van der Waals surface area contributed by atoms with E-state index in [9.17, 15) is 9.59 Å². The van der Waals surface area contributed by atoms with E-state index in [4.69, 9.17) is 0 Å². The van der Waals surface area contributed by atoms with E-state index in [1.165, 1.54) is 0 Å². The molecule has 2 heterocycles. The van der Waals surface area contributed by atoms with Gasteiger partial charge >= 0.3 is 0 Å². The molecule has 6 heteroatoms. The quantitative estimate of drug-likeness (QED) is 0.490. The molecule has 1 aliphatic heterocycles. The number of carbonyl (C=O) groups is 2. The minimum atomic E-state index is -0.0437. The maximum absolute atomic E-state index is 12.9. The number of para-hydroxylation sites is 1. The smallest absolute Gasteiger partial charge is 0.270 e. The Bertz CT molecular complexity index is 1220. The molecular weight excluding hydrogens is 412 g/mol. The Morgan fingerprint density at radius 3 is 2.18 bits per heavy atom. The Morgan fingerprint density at radius 1 is 0.788 bits per heavy atom. The van der Waals surface area contributed by atoms with Crippen LogP contribution in [0.3, 0.4) is 0 Å². The number of aromatic amines is 1. The monoisotopic (exact) mass is 438 g/mol. The van der Waals surface area contributed by atoms with Crippen LogP contribution < -0.4 is 5.32 Å². The number of rotatable bonds is 5. The van der Waals surface area contributed by atoms with Gasteiger partial charge in [0.05, 0.1) is 6.54 Å². The van der Waals surface area contributed by atoms with Crippen LogP contribution in [-0.2, 0) is 4.79 Å². The second-order valence-corrected chi connectivity index (χ2v) is 8.33. The molecule has 3 aromatic carbocycles. The largest absolute Gasteiger partial charge is 0.351 e. The highest BCUT2D eigenvalue weighted by atomic mass is 16.2. The molecule has 0 bridgehead atoms. The van der Waals surface area contributed by atoms with E-state index >= 15 is 0 Å². The van der Waals surface area contributed by atoms with Crippen molar-refractivity contribution in [2.45, 2.75) is 0 Å². The van der Waals surface area contributed by atoms with Crippen molar-refractivity contribution < 1.29 is 9.59 Å². The van der Waals surface area contributed by atoms with E-state index in [0.29, 0.717) is 38.4 Å². The molecule has 5 rings (SSSR count). The Hall–Kier alpha value is -3.90. The number of benzene rings is 3. The van der Waals surface area contributed by atoms with Gasteiger partial charge in [-0.2, -0.15) is 0 Å². The fourth-order valence-electron chi connectivity index (χ4n) is 4.25. The molecule has 1 saturated heterocycles. The average molecular weight is 439 g/mol. The standard InChI is InChI=1S/C27H26N4O2/c32-26(28-23-12-10-21(11-13-23)20-6-2-1-3-7-20)19-30-14-16-31(17-15-30)27(33)25-18-22-8-4-5-9-24(22)29-25/h1-13,18,29H,14-17,19H2,(H,28,32). The molecule has 4 aromatic rings. The van der Waals surface area contributed by atoms with Crippen LogP contribution in [0.25, 0.3) is 22.0 Å². The van der Waals surface area contributed by atoms with Crippen molar-refractivity contribution in [3.8, 4) is 11.1 Å². The normalized spacial score (nSPS) is 14.4. The number of amides is 2. The van der Waals surface area contributed by atoms with Gasteiger partial charge in [-0.25, -0.2) is 0 Å². The zero-order valence-electron chi connectivity index (χ0n) is 18.3. The minimum absolute atomic E-state index is 0.00815. The summed E-state index contributed by atoms with van der Waals surface area (Å²) in [5, 5.41) is 4.01.